The number of anilines is 1. The molecule has 136 valence electrons. The van der Waals surface area contributed by atoms with Gasteiger partial charge in [0.2, 0.25) is 5.91 Å². The van der Waals surface area contributed by atoms with Crippen LogP contribution in [0.3, 0.4) is 0 Å². The van der Waals surface area contributed by atoms with E-state index in [4.69, 9.17) is 0 Å². The van der Waals surface area contributed by atoms with Crippen molar-refractivity contribution in [3.63, 3.8) is 0 Å². The molecule has 0 unspecified atom stereocenters. The fraction of sp³-hybridized carbons (Fsp3) is 0.562. The Hall–Kier alpha value is -1.73. The maximum Gasteiger partial charge on any atom is 0.416 e. The van der Waals surface area contributed by atoms with Crippen molar-refractivity contribution in [2.75, 3.05) is 5.32 Å². The molecule has 24 heavy (non-hydrogen) atoms. The van der Waals surface area contributed by atoms with Gasteiger partial charge in [-0.15, -0.1) is 0 Å². The smallest absolute Gasteiger partial charge is 0.326 e. The summed E-state index contributed by atoms with van der Waals surface area (Å²) >= 11 is 0. The van der Waals surface area contributed by atoms with Crippen LogP contribution in [0.25, 0.3) is 0 Å². The summed E-state index contributed by atoms with van der Waals surface area (Å²) in [5, 5.41) is 2.19. The highest BCUT2D eigenvalue weighted by molar-refractivity contribution is 5.92. The van der Waals surface area contributed by atoms with Crippen LogP contribution < -0.4 is 5.32 Å². The van der Waals surface area contributed by atoms with Crippen LogP contribution in [0.2, 0.25) is 0 Å². The Morgan fingerprint density at radius 3 is 1.88 bits per heavy atom. The van der Waals surface area contributed by atoms with E-state index >= 15 is 0 Å². The highest BCUT2D eigenvalue weighted by Gasteiger charge is 2.37. The van der Waals surface area contributed by atoms with Crippen molar-refractivity contribution in [3.8, 4) is 0 Å². The summed E-state index contributed by atoms with van der Waals surface area (Å²) in [4.78, 5) is 12.1. The lowest BCUT2D eigenvalue weighted by molar-refractivity contribution is -0.143. The average Bonchev–Trinajstić information content (AvgIpc) is 2.46. The maximum atomic E-state index is 12.8. The van der Waals surface area contributed by atoms with Crippen molar-refractivity contribution in [2.45, 2.75) is 51.9 Å². The number of hydrogen-bond donors (Lipinski definition) is 1. The van der Waals surface area contributed by atoms with E-state index in [9.17, 15) is 31.1 Å². The Morgan fingerprint density at radius 1 is 1.00 bits per heavy atom. The van der Waals surface area contributed by atoms with Crippen molar-refractivity contribution >= 4 is 11.6 Å². The van der Waals surface area contributed by atoms with Gasteiger partial charge in [-0.2, -0.15) is 26.3 Å². The number of hydrogen-bond acceptors (Lipinski definition) is 1. The van der Waals surface area contributed by atoms with Crippen LogP contribution in [0, 0.1) is 5.92 Å². The molecule has 0 heterocycles. The predicted molar refractivity (Wildman–Crippen MR) is 78.4 cm³/mol. The van der Waals surface area contributed by atoms with Gasteiger partial charge in [-0.05, 0) is 31.0 Å². The molecule has 1 amide bonds. The Balaban J connectivity index is 3.12. The number of alkyl halides is 6. The lowest BCUT2D eigenvalue weighted by Crippen LogP contribution is -2.23. The van der Waals surface area contributed by atoms with Crippen LogP contribution in [-0.2, 0) is 17.1 Å². The number of nitrogens with one attached hydrogen (secondary N) is 1. The van der Waals surface area contributed by atoms with Gasteiger partial charge in [0.05, 0.1) is 11.1 Å². The Bertz CT molecular complexity index is 532. The standard InChI is InChI=1S/C16H19F6NO/c1-3-5-6-10(4-2)14(24)23-13-8-11(15(17,18)19)7-12(9-13)16(20,21)22/h7-10H,3-6H2,1-2H3,(H,23,24)/t10-/m1/s1. The molecule has 0 spiro atoms. The van der Waals surface area contributed by atoms with Crippen LogP contribution in [0.15, 0.2) is 18.2 Å². The van der Waals surface area contributed by atoms with Crippen molar-refractivity contribution in [3.05, 3.63) is 29.3 Å². The molecule has 0 aliphatic carbocycles. The van der Waals surface area contributed by atoms with E-state index in [1.807, 2.05) is 6.92 Å². The maximum absolute atomic E-state index is 12.8. The molecule has 8 heteroatoms. The van der Waals surface area contributed by atoms with Gasteiger partial charge >= 0.3 is 12.4 Å². The zero-order valence-electron chi connectivity index (χ0n) is 13.3. The third-order valence-corrected chi connectivity index (χ3v) is 3.62. The highest BCUT2D eigenvalue weighted by atomic mass is 19.4. The Labute approximate surface area is 136 Å². The van der Waals surface area contributed by atoms with Gasteiger partial charge in [0.25, 0.3) is 0 Å². The summed E-state index contributed by atoms with van der Waals surface area (Å²) in [5.74, 6) is -1.02. The van der Waals surface area contributed by atoms with Crippen molar-refractivity contribution in [1.29, 1.82) is 0 Å². The van der Waals surface area contributed by atoms with Gasteiger partial charge in [0.1, 0.15) is 0 Å². The molecule has 0 radical (unpaired) electrons. The molecule has 1 aromatic carbocycles. The van der Waals surface area contributed by atoms with Crippen LogP contribution in [0.5, 0.6) is 0 Å². The molecular formula is C16H19F6NO. The summed E-state index contributed by atoms with van der Waals surface area (Å²) in [5.41, 5.74) is -3.40. The third kappa shape index (κ3) is 5.72. The number of rotatable bonds is 6. The minimum Gasteiger partial charge on any atom is -0.326 e. The summed E-state index contributed by atoms with van der Waals surface area (Å²) < 4.78 is 76.7. The topological polar surface area (TPSA) is 29.1 Å². The number of carbonyl (C=O) groups is 1. The Kier molecular flexibility index (Phi) is 6.68. The number of unbranched alkanes of at least 4 members (excludes halogenated alkanes) is 1. The average molecular weight is 355 g/mol. The monoisotopic (exact) mass is 355 g/mol. The van der Waals surface area contributed by atoms with E-state index < -0.39 is 41.0 Å². The van der Waals surface area contributed by atoms with E-state index in [0.29, 0.717) is 25.0 Å². The zero-order chi connectivity index (χ0) is 18.5. The zero-order valence-corrected chi connectivity index (χ0v) is 13.3. The second-order valence-electron chi connectivity index (χ2n) is 5.53. The number of carbonyl (C=O) groups excluding carboxylic acids is 1. The molecule has 0 fully saturated rings. The first kappa shape index (κ1) is 20.3. The molecule has 1 N–H and O–H groups in total. The normalized spacial score (nSPS) is 13.7. The fourth-order valence-corrected chi connectivity index (χ4v) is 2.24. The third-order valence-electron chi connectivity index (χ3n) is 3.62. The quantitative estimate of drug-likeness (QED) is 0.635. The van der Waals surface area contributed by atoms with E-state index in [-0.39, 0.29) is 6.07 Å². The van der Waals surface area contributed by atoms with Crippen LogP contribution in [-0.4, -0.2) is 5.91 Å². The summed E-state index contributed by atoms with van der Waals surface area (Å²) in [7, 11) is 0. The van der Waals surface area contributed by atoms with Gasteiger partial charge in [-0.3, -0.25) is 4.79 Å². The molecule has 0 aromatic heterocycles. The molecule has 0 bridgehead atoms. The molecule has 0 aliphatic rings. The minimum absolute atomic E-state index is 0.0318. The van der Waals surface area contributed by atoms with E-state index in [2.05, 4.69) is 5.32 Å². The van der Waals surface area contributed by atoms with Crippen molar-refractivity contribution in [2.24, 2.45) is 5.92 Å². The van der Waals surface area contributed by atoms with Crippen LogP contribution in [0.1, 0.15) is 50.7 Å². The largest absolute Gasteiger partial charge is 0.416 e. The lowest BCUT2D eigenvalue weighted by Gasteiger charge is -2.17. The van der Waals surface area contributed by atoms with Crippen molar-refractivity contribution < 1.29 is 31.1 Å². The fourth-order valence-electron chi connectivity index (χ4n) is 2.24. The molecular weight excluding hydrogens is 336 g/mol. The first-order valence-electron chi connectivity index (χ1n) is 7.59. The second-order valence-corrected chi connectivity index (χ2v) is 5.53. The van der Waals surface area contributed by atoms with Gasteiger partial charge < -0.3 is 5.32 Å². The summed E-state index contributed by atoms with van der Waals surface area (Å²) in [6.07, 6.45) is -7.30. The van der Waals surface area contributed by atoms with E-state index in [1.54, 1.807) is 6.92 Å². The van der Waals surface area contributed by atoms with Gasteiger partial charge in [-0.25, -0.2) is 0 Å². The first-order valence-corrected chi connectivity index (χ1v) is 7.59. The highest BCUT2D eigenvalue weighted by Crippen LogP contribution is 2.37. The van der Waals surface area contributed by atoms with E-state index in [1.165, 1.54) is 0 Å². The first-order chi connectivity index (χ1) is 11.0. The second kappa shape index (κ2) is 7.90. The van der Waals surface area contributed by atoms with Crippen LogP contribution >= 0.6 is 0 Å². The molecule has 1 rings (SSSR count). The van der Waals surface area contributed by atoms with Crippen molar-refractivity contribution in [1.82, 2.24) is 0 Å². The number of amides is 1. The van der Waals surface area contributed by atoms with Gasteiger partial charge in [0, 0.05) is 11.6 Å². The molecule has 2 nitrogen and oxygen atoms in total. The minimum atomic E-state index is -4.94. The molecule has 0 saturated heterocycles. The number of halogens is 6. The van der Waals surface area contributed by atoms with Gasteiger partial charge in [-0.1, -0.05) is 26.7 Å². The molecule has 1 aromatic rings. The van der Waals surface area contributed by atoms with Gasteiger partial charge in [0.15, 0.2) is 0 Å². The lowest BCUT2D eigenvalue weighted by atomic mass is 9.98. The molecule has 0 aliphatic heterocycles. The predicted octanol–water partition coefficient (Wildman–Crippen LogP) is 5.88. The molecule has 1 atom stereocenters. The SMILES string of the molecule is CCCC[C@@H](CC)C(=O)Nc1cc(C(F)(F)F)cc(C(F)(F)F)c1. The summed E-state index contributed by atoms with van der Waals surface area (Å²) in [6.45, 7) is 3.67. The van der Waals surface area contributed by atoms with E-state index in [0.717, 1.165) is 12.8 Å². The number of benzene rings is 1. The molecule has 0 saturated carbocycles. The summed E-state index contributed by atoms with van der Waals surface area (Å²) in [6, 6.07) is 1.06. The Morgan fingerprint density at radius 2 is 1.50 bits per heavy atom. The van der Waals surface area contributed by atoms with Crippen LogP contribution in [0.4, 0.5) is 32.0 Å².